The van der Waals surface area contributed by atoms with Crippen molar-refractivity contribution in [3.8, 4) is 5.75 Å². The average Bonchev–Trinajstić information content (AvgIpc) is 2.34. The van der Waals surface area contributed by atoms with Gasteiger partial charge in [0.2, 0.25) is 0 Å². The van der Waals surface area contributed by atoms with Gasteiger partial charge in [-0.05, 0) is 24.6 Å². The second-order valence-electron chi connectivity index (χ2n) is 4.44. The fourth-order valence-corrected chi connectivity index (χ4v) is 2.00. The first-order valence-electron chi connectivity index (χ1n) is 5.95. The molecule has 1 saturated heterocycles. The van der Waals surface area contributed by atoms with Gasteiger partial charge in [0.15, 0.2) is 0 Å². The quantitative estimate of drug-likeness (QED) is 0.801. The third-order valence-electron chi connectivity index (χ3n) is 3.06. The molecule has 5 nitrogen and oxygen atoms in total. The minimum absolute atomic E-state index is 0.0865. The molecule has 3 N–H and O–H groups in total. The van der Waals surface area contributed by atoms with Gasteiger partial charge in [-0.15, -0.1) is 0 Å². The molecule has 1 heterocycles. The molecular formula is C13H17NO4. The zero-order valence-electron chi connectivity index (χ0n) is 10.3. The Balaban J connectivity index is 2.20. The largest absolute Gasteiger partial charge is 0.490 e. The van der Waals surface area contributed by atoms with E-state index in [1.54, 1.807) is 13.0 Å². The van der Waals surface area contributed by atoms with Gasteiger partial charge in [0.25, 0.3) is 0 Å². The fourth-order valence-electron chi connectivity index (χ4n) is 2.00. The highest BCUT2D eigenvalue weighted by Gasteiger charge is 2.18. The molecule has 0 aliphatic carbocycles. The molecule has 1 aliphatic heterocycles. The third-order valence-corrected chi connectivity index (χ3v) is 3.06. The van der Waals surface area contributed by atoms with Crippen LogP contribution < -0.4 is 10.5 Å². The van der Waals surface area contributed by atoms with E-state index in [1.807, 2.05) is 0 Å². The molecule has 1 fully saturated rings. The van der Waals surface area contributed by atoms with Crippen LogP contribution in [0, 0.1) is 6.92 Å². The van der Waals surface area contributed by atoms with Crippen LogP contribution in [0.5, 0.6) is 5.75 Å². The second kappa shape index (κ2) is 5.27. The molecule has 0 spiro atoms. The monoisotopic (exact) mass is 251 g/mol. The lowest BCUT2D eigenvalue weighted by molar-refractivity contribution is 0.0254. The van der Waals surface area contributed by atoms with E-state index in [4.69, 9.17) is 20.3 Å². The molecule has 0 bridgehead atoms. The third kappa shape index (κ3) is 2.73. The lowest BCUT2D eigenvalue weighted by Crippen LogP contribution is -2.26. The molecule has 1 aromatic rings. The molecule has 0 aromatic heterocycles. The van der Waals surface area contributed by atoms with Gasteiger partial charge in [-0.25, -0.2) is 4.79 Å². The van der Waals surface area contributed by atoms with E-state index < -0.39 is 5.97 Å². The predicted octanol–water partition coefficient (Wildman–Crippen LogP) is 1.83. The molecule has 1 aromatic carbocycles. The summed E-state index contributed by atoms with van der Waals surface area (Å²) in [5.74, 6) is -0.473. The first-order valence-corrected chi connectivity index (χ1v) is 5.95. The standard InChI is InChI=1S/C13H17NO4/c1-8-6-10(7-11(12(8)14)13(15)16)18-9-2-4-17-5-3-9/h6-7,9H,2-5,14H2,1H3,(H,15,16). The topological polar surface area (TPSA) is 81.8 Å². The molecular weight excluding hydrogens is 234 g/mol. The van der Waals surface area contributed by atoms with Crippen LogP contribution in [0.3, 0.4) is 0 Å². The summed E-state index contributed by atoms with van der Waals surface area (Å²) in [6.07, 6.45) is 1.74. The van der Waals surface area contributed by atoms with E-state index in [9.17, 15) is 4.79 Å². The van der Waals surface area contributed by atoms with Gasteiger partial charge in [-0.2, -0.15) is 0 Å². The summed E-state index contributed by atoms with van der Waals surface area (Å²) in [7, 11) is 0. The summed E-state index contributed by atoms with van der Waals surface area (Å²) in [5, 5.41) is 9.06. The van der Waals surface area contributed by atoms with Gasteiger partial charge < -0.3 is 20.3 Å². The maximum atomic E-state index is 11.1. The molecule has 1 aliphatic rings. The maximum absolute atomic E-state index is 11.1. The molecule has 18 heavy (non-hydrogen) atoms. The number of rotatable bonds is 3. The molecule has 0 saturated carbocycles. The van der Waals surface area contributed by atoms with Crippen molar-refractivity contribution in [1.29, 1.82) is 0 Å². The van der Waals surface area contributed by atoms with Crippen LogP contribution >= 0.6 is 0 Å². The minimum Gasteiger partial charge on any atom is -0.490 e. The van der Waals surface area contributed by atoms with Crippen LogP contribution in [-0.2, 0) is 4.74 Å². The number of benzene rings is 1. The Morgan fingerprint density at radius 2 is 2.11 bits per heavy atom. The summed E-state index contributed by atoms with van der Waals surface area (Å²) in [6, 6.07) is 3.26. The highest BCUT2D eigenvalue weighted by Crippen LogP contribution is 2.26. The molecule has 2 rings (SSSR count). The molecule has 0 unspecified atom stereocenters. The molecule has 5 heteroatoms. The number of ether oxygens (including phenoxy) is 2. The highest BCUT2D eigenvalue weighted by molar-refractivity contribution is 5.95. The number of carbonyl (C=O) groups is 1. The number of aryl methyl sites for hydroxylation is 1. The molecule has 98 valence electrons. The highest BCUT2D eigenvalue weighted by atomic mass is 16.5. The minimum atomic E-state index is -1.03. The molecule has 0 radical (unpaired) electrons. The first kappa shape index (κ1) is 12.7. The first-order chi connectivity index (χ1) is 8.58. The number of anilines is 1. The van der Waals surface area contributed by atoms with E-state index >= 15 is 0 Å². The number of hydrogen-bond donors (Lipinski definition) is 2. The summed E-state index contributed by atoms with van der Waals surface area (Å²) < 4.78 is 11.0. The predicted molar refractivity (Wildman–Crippen MR) is 67.0 cm³/mol. The van der Waals surface area contributed by atoms with E-state index in [0.29, 0.717) is 24.7 Å². The van der Waals surface area contributed by atoms with Gasteiger partial charge in [-0.3, -0.25) is 0 Å². The lowest BCUT2D eigenvalue weighted by atomic mass is 10.1. The number of nitrogens with two attached hydrogens (primary N) is 1. The number of carboxylic acids is 1. The molecule has 0 amide bonds. The van der Waals surface area contributed by atoms with Gasteiger partial charge in [-0.1, -0.05) is 0 Å². The second-order valence-corrected chi connectivity index (χ2v) is 4.44. The van der Waals surface area contributed by atoms with Crippen LogP contribution in [0.4, 0.5) is 5.69 Å². The van der Waals surface area contributed by atoms with Crippen LogP contribution in [0.15, 0.2) is 12.1 Å². The van der Waals surface area contributed by atoms with Crippen molar-refractivity contribution in [3.05, 3.63) is 23.3 Å². The van der Waals surface area contributed by atoms with E-state index in [0.717, 1.165) is 18.4 Å². The van der Waals surface area contributed by atoms with Crippen molar-refractivity contribution < 1.29 is 19.4 Å². The lowest BCUT2D eigenvalue weighted by Gasteiger charge is -2.23. The van der Waals surface area contributed by atoms with Crippen molar-refractivity contribution >= 4 is 11.7 Å². The van der Waals surface area contributed by atoms with Crippen LogP contribution in [0.2, 0.25) is 0 Å². The van der Waals surface area contributed by atoms with E-state index in [2.05, 4.69) is 0 Å². The Hall–Kier alpha value is -1.75. The fraction of sp³-hybridized carbons (Fsp3) is 0.462. The summed E-state index contributed by atoms with van der Waals surface area (Å²) >= 11 is 0. The van der Waals surface area contributed by atoms with Crippen molar-refractivity contribution in [2.45, 2.75) is 25.9 Å². The van der Waals surface area contributed by atoms with Crippen molar-refractivity contribution in [2.75, 3.05) is 18.9 Å². The number of carboxylic acid groups (broad SMARTS) is 1. The summed E-state index contributed by atoms with van der Waals surface area (Å²) in [6.45, 7) is 3.15. The van der Waals surface area contributed by atoms with Crippen molar-refractivity contribution in [1.82, 2.24) is 0 Å². The number of aromatic carboxylic acids is 1. The Labute approximate surface area is 106 Å². The van der Waals surface area contributed by atoms with Crippen LogP contribution in [0.1, 0.15) is 28.8 Å². The Morgan fingerprint density at radius 3 is 2.72 bits per heavy atom. The summed E-state index contributed by atoms with van der Waals surface area (Å²) in [4.78, 5) is 11.1. The van der Waals surface area contributed by atoms with E-state index in [-0.39, 0.29) is 11.7 Å². The normalized spacial score (nSPS) is 16.5. The maximum Gasteiger partial charge on any atom is 0.337 e. The SMILES string of the molecule is Cc1cc(OC2CCOCC2)cc(C(=O)O)c1N. The zero-order chi connectivity index (χ0) is 13.1. The van der Waals surface area contributed by atoms with Crippen molar-refractivity contribution in [2.24, 2.45) is 0 Å². The van der Waals surface area contributed by atoms with Gasteiger partial charge in [0.05, 0.1) is 18.8 Å². The smallest absolute Gasteiger partial charge is 0.337 e. The van der Waals surface area contributed by atoms with Crippen molar-refractivity contribution in [3.63, 3.8) is 0 Å². The number of nitrogen functional groups attached to an aromatic ring is 1. The Bertz CT molecular complexity index is 453. The van der Waals surface area contributed by atoms with Crippen LogP contribution in [-0.4, -0.2) is 30.4 Å². The summed E-state index contributed by atoms with van der Waals surface area (Å²) in [5.41, 5.74) is 6.84. The molecule has 0 atom stereocenters. The Kier molecular flexibility index (Phi) is 3.72. The number of hydrogen-bond acceptors (Lipinski definition) is 4. The van der Waals surface area contributed by atoms with Gasteiger partial charge >= 0.3 is 5.97 Å². The van der Waals surface area contributed by atoms with E-state index in [1.165, 1.54) is 6.07 Å². The Morgan fingerprint density at radius 1 is 1.44 bits per heavy atom. The average molecular weight is 251 g/mol. The van der Waals surface area contributed by atoms with Crippen LogP contribution in [0.25, 0.3) is 0 Å². The van der Waals surface area contributed by atoms with Gasteiger partial charge in [0.1, 0.15) is 11.9 Å². The zero-order valence-corrected chi connectivity index (χ0v) is 10.3. The van der Waals surface area contributed by atoms with Gasteiger partial charge in [0, 0.05) is 18.5 Å².